The van der Waals surface area contributed by atoms with E-state index in [0.29, 0.717) is 23.1 Å². The lowest BCUT2D eigenvalue weighted by Crippen LogP contribution is -2.17. The number of hydrogen-bond donors (Lipinski definition) is 0. The van der Waals surface area contributed by atoms with Crippen molar-refractivity contribution in [3.05, 3.63) is 49.6 Å². The highest BCUT2D eigenvalue weighted by Crippen LogP contribution is 2.51. The molecule has 0 amide bonds. The molecule has 0 heterocycles. The van der Waals surface area contributed by atoms with Crippen LogP contribution in [0.25, 0.3) is 10.8 Å². The molecule has 0 unspecified atom stereocenters. The Bertz CT molecular complexity index is 1000. The zero-order valence-electron chi connectivity index (χ0n) is 16.3. The number of rotatable bonds is 9. The van der Waals surface area contributed by atoms with Crippen LogP contribution in [-0.4, -0.2) is 32.8 Å². The predicted octanol–water partition coefficient (Wildman–Crippen LogP) is 3.53. The predicted molar refractivity (Wildman–Crippen MR) is 108 cm³/mol. The van der Waals surface area contributed by atoms with Gasteiger partial charge in [0.05, 0.1) is 6.61 Å². The molecule has 0 bridgehead atoms. The van der Waals surface area contributed by atoms with E-state index in [0.717, 1.165) is 12.2 Å². The smallest absolute Gasteiger partial charge is 0.364 e. The van der Waals surface area contributed by atoms with Gasteiger partial charge in [0.2, 0.25) is 0 Å². The van der Waals surface area contributed by atoms with E-state index in [9.17, 15) is 14.2 Å². The molecule has 0 N–H and O–H groups in total. The van der Waals surface area contributed by atoms with Gasteiger partial charge in [0.15, 0.2) is 5.75 Å². The first kappa shape index (κ1) is 22.4. The summed E-state index contributed by atoms with van der Waals surface area (Å²) in [5.74, 6) is -1.06. The van der Waals surface area contributed by atoms with E-state index in [1.54, 1.807) is 18.2 Å². The second-order valence-corrected chi connectivity index (χ2v) is 7.68. The highest BCUT2D eigenvalue weighted by Gasteiger charge is 2.33. The Morgan fingerprint density at radius 3 is 2.17 bits per heavy atom. The van der Waals surface area contributed by atoms with Gasteiger partial charge in [0.25, 0.3) is 0 Å². The van der Waals surface area contributed by atoms with Gasteiger partial charge in [-0.15, -0.1) is 0 Å². The second kappa shape index (κ2) is 9.52. The Morgan fingerprint density at radius 2 is 1.62 bits per heavy atom. The first-order chi connectivity index (χ1) is 13.8. The molecule has 2 aromatic carbocycles. The normalized spacial score (nSPS) is 11.0. The van der Waals surface area contributed by atoms with Crippen molar-refractivity contribution in [1.82, 2.24) is 0 Å². The van der Waals surface area contributed by atoms with E-state index in [1.807, 2.05) is 6.92 Å². The number of carbonyl (C=O) groups is 2. The van der Waals surface area contributed by atoms with Gasteiger partial charge < -0.3 is 23.3 Å². The summed E-state index contributed by atoms with van der Waals surface area (Å²) < 4.78 is 39.4. The van der Waals surface area contributed by atoms with Gasteiger partial charge in [-0.25, -0.2) is 9.59 Å². The number of hydrogen-bond acceptors (Lipinski definition) is 8. The average molecular weight is 420 g/mol. The molecular weight excluding hydrogens is 399 g/mol. The third-order valence-electron chi connectivity index (χ3n) is 3.83. The molecule has 0 aliphatic heterocycles. The fraction of sp³-hybridized carbons (Fsp3) is 0.200. The minimum Gasteiger partial charge on any atom is -0.494 e. The van der Waals surface area contributed by atoms with Crippen LogP contribution in [0, 0.1) is 0 Å². The Morgan fingerprint density at radius 1 is 1.00 bits per heavy atom. The maximum absolute atomic E-state index is 13.1. The lowest BCUT2D eigenvalue weighted by molar-refractivity contribution is -0.129. The molecular formula is C20H21O8P. The van der Waals surface area contributed by atoms with Crippen molar-refractivity contribution < 1.29 is 37.4 Å². The number of carbonyl (C=O) groups excluding carboxylic acids is 2. The molecule has 0 aliphatic rings. The summed E-state index contributed by atoms with van der Waals surface area (Å²) in [6.45, 7) is 8.97. The van der Waals surface area contributed by atoms with E-state index in [4.69, 9.17) is 23.3 Å². The Kier molecular flexibility index (Phi) is 7.34. The van der Waals surface area contributed by atoms with E-state index >= 15 is 0 Å². The SMILES string of the molecule is C=CC(=O)Oc1cc(P(=O)(OC)OC)c(OC(=O)C=C)c2ccc(OCC)cc12. The average Bonchev–Trinajstić information content (AvgIpc) is 2.74. The van der Waals surface area contributed by atoms with Crippen LogP contribution in [0.3, 0.4) is 0 Å². The molecule has 0 radical (unpaired) electrons. The Hall–Kier alpha value is -2.93. The summed E-state index contributed by atoms with van der Waals surface area (Å²) in [6, 6.07) is 6.07. The minimum atomic E-state index is -3.91. The maximum Gasteiger partial charge on any atom is 0.364 e. The van der Waals surface area contributed by atoms with Crippen LogP contribution in [0.1, 0.15) is 6.92 Å². The Balaban J connectivity index is 2.92. The molecule has 154 valence electrons. The number of fused-ring (bicyclic) bond motifs is 1. The van der Waals surface area contributed by atoms with Crippen LogP contribution in [0.15, 0.2) is 49.6 Å². The van der Waals surface area contributed by atoms with Gasteiger partial charge in [-0.3, -0.25) is 4.57 Å². The van der Waals surface area contributed by atoms with Gasteiger partial charge in [-0.05, 0) is 25.1 Å². The largest absolute Gasteiger partial charge is 0.494 e. The summed E-state index contributed by atoms with van der Waals surface area (Å²) in [4.78, 5) is 23.8. The third-order valence-corrected chi connectivity index (χ3v) is 5.72. The van der Waals surface area contributed by atoms with Crippen molar-refractivity contribution in [3.8, 4) is 17.2 Å². The highest BCUT2D eigenvalue weighted by atomic mass is 31.2. The van der Waals surface area contributed by atoms with Crippen LogP contribution < -0.4 is 19.5 Å². The van der Waals surface area contributed by atoms with Crippen molar-refractivity contribution in [1.29, 1.82) is 0 Å². The number of benzene rings is 2. The van der Waals surface area contributed by atoms with E-state index in [-0.39, 0.29) is 16.8 Å². The van der Waals surface area contributed by atoms with Crippen molar-refractivity contribution >= 4 is 35.6 Å². The van der Waals surface area contributed by atoms with E-state index < -0.39 is 19.5 Å². The van der Waals surface area contributed by atoms with Crippen LogP contribution in [0.2, 0.25) is 0 Å². The van der Waals surface area contributed by atoms with E-state index in [2.05, 4.69) is 13.2 Å². The van der Waals surface area contributed by atoms with Crippen molar-refractivity contribution in [2.45, 2.75) is 6.92 Å². The molecule has 2 aromatic rings. The summed E-state index contributed by atoms with van der Waals surface area (Å²) in [6.07, 6.45) is 1.94. The van der Waals surface area contributed by atoms with Crippen LogP contribution in [0.4, 0.5) is 0 Å². The molecule has 0 saturated heterocycles. The molecule has 8 nitrogen and oxygen atoms in total. The van der Waals surface area contributed by atoms with Crippen LogP contribution in [0.5, 0.6) is 17.2 Å². The first-order valence-corrected chi connectivity index (χ1v) is 10.0. The highest BCUT2D eigenvalue weighted by molar-refractivity contribution is 7.62. The van der Waals surface area contributed by atoms with Crippen molar-refractivity contribution in [3.63, 3.8) is 0 Å². The van der Waals surface area contributed by atoms with Gasteiger partial charge in [0.1, 0.15) is 16.8 Å². The Labute approximate surface area is 168 Å². The number of ether oxygens (including phenoxy) is 3. The topological polar surface area (TPSA) is 97.4 Å². The second-order valence-electron chi connectivity index (χ2n) is 5.48. The molecule has 0 fully saturated rings. The molecule has 9 heteroatoms. The fourth-order valence-electron chi connectivity index (χ4n) is 2.55. The minimum absolute atomic E-state index is 0.0363. The summed E-state index contributed by atoms with van der Waals surface area (Å²) >= 11 is 0. The van der Waals surface area contributed by atoms with E-state index in [1.165, 1.54) is 20.3 Å². The monoisotopic (exact) mass is 420 g/mol. The zero-order valence-corrected chi connectivity index (χ0v) is 17.2. The fourth-order valence-corrected chi connectivity index (χ4v) is 3.78. The van der Waals surface area contributed by atoms with Gasteiger partial charge in [-0.1, -0.05) is 13.2 Å². The quantitative estimate of drug-likeness (QED) is 0.263. The van der Waals surface area contributed by atoms with Gasteiger partial charge >= 0.3 is 19.5 Å². The van der Waals surface area contributed by atoms with Crippen molar-refractivity contribution in [2.75, 3.05) is 20.8 Å². The number of esters is 2. The first-order valence-electron chi connectivity index (χ1n) is 8.47. The summed E-state index contributed by atoms with van der Waals surface area (Å²) in [5.41, 5.74) is 0. The third kappa shape index (κ3) is 4.74. The summed E-state index contributed by atoms with van der Waals surface area (Å²) in [5, 5.41) is 0.601. The van der Waals surface area contributed by atoms with Crippen LogP contribution in [-0.2, 0) is 23.2 Å². The van der Waals surface area contributed by atoms with Gasteiger partial charge in [-0.2, -0.15) is 0 Å². The molecule has 0 aromatic heterocycles. The van der Waals surface area contributed by atoms with Crippen molar-refractivity contribution in [2.24, 2.45) is 0 Å². The molecule has 0 atom stereocenters. The lowest BCUT2D eigenvalue weighted by Gasteiger charge is -2.20. The van der Waals surface area contributed by atoms with Gasteiger partial charge in [0, 0.05) is 43.2 Å². The summed E-state index contributed by atoms with van der Waals surface area (Å²) in [7, 11) is -1.54. The molecule has 29 heavy (non-hydrogen) atoms. The van der Waals surface area contributed by atoms with Crippen LogP contribution >= 0.6 is 7.60 Å². The lowest BCUT2D eigenvalue weighted by atomic mass is 10.1. The molecule has 2 rings (SSSR count). The maximum atomic E-state index is 13.1. The molecule has 0 aliphatic carbocycles. The standard InChI is InChI=1S/C20H21O8P/c1-6-18(21)27-16-12-17(29(23,24-4)25-5)20(28-19(22)7-2)14-10-9-13(26-8-3)11-15(14)16/h6-7,9-12H,1-2,8H2,3-5H3. The molecule has 0 spiro atoms. The zero-order chi connectivity index (χ0) is 21.6. The molecule has 0 saturated carbocycles.